The normalized spacial score (nSPS) is 18.6. The first-order valence-corrected chi connectivity index (χ1v) is 5.57. The highest BCUT2D eigenvalue weighted by Gasteiger charge is 2.40. The second-order valence-electron chi connectivity index (χ2n) is 5.29. The zero-order chi connectivity index (χ0) is 12.0. The maximum Gasteiger partial charge on any atom is 0.133 e. The van der Waals surface area contributed by atoms with Gasteiger partial charge in [-0.3, -0.25) is 0 Å². The summed E-state index contributed by atoms with van der Waals surface area (Å²) in [5, 5.41) is 0. The molecule has 0 heterocycles. The summed E-state index contributed by atoms with van der Waals surface area (Å²) in [6, 6.07) is 4.69. The highest BCUT2D eigenvalue weighted by Crippen LogP contribution is 2.39. The van der Waals surface area contributed by atoms with E-state index in [0.29, 0.717) is 12.0 Å². The molecule has 0 aliphatic heterocycles. The quantitative estimate of drug-likeness (QED) is 0.840. The van der Waals surface area contributed by atoms with Crippen LogP contribution in [0.4, 0.5) is 8.78 Å². The number of halogens is 2. The van der Waals surface area contributed by atoms with E-state index in [-0.39, 0.29) is 11.1 Å². The topological polar surface area (TPSA) is 26.0 Å². The van der Waals surface area contributed by atoms with Crippen LogP contribution in [0.25, 0.3) is 0 Å². The monoisotopic (exact) mass is 225 g/mol. The second kappa shape index (κ2) is 3.52. The Kier molecular flexibility index (Phi) is 2.54. The molecule has 0 unspecified atom stereocenters. The number of benzene rings is 1. The summed E-state index contributed by atoms with van der Waals surface area (Å²) in [4.78, 5) is 0. The van der Waals surface area contributed by atoms with Gasteiger partial charge in [-0.2, -0.15) is 0 Å². The molecule has 1 aliphatic carbocycles. The zero-order valence-electron chi connectivity index (χ0n) is 9.69. The van der Waals surface area contributed by atoms with E-state index >= 15 is 0 Å². The molecule has 1 aliphatic rings. The summed E-state index contributed by atoms with van der Waals surface area (Å²) >= 11 is 0. The van der Waals surface area contributed by atoms with E-state index in [0.717, 1.165) is 12.8 Å². The van der Waals surface area contributed by atoms with Crippen LogP contribution >= 0.6 is 0 Å². The molecule has 1 aromatic carbocycles. The largest absolute Gasteiger partial charge is 0.325 e. The van der Waals surface area contributed by atoms with Crippen molar-refractivity contribution in [3.8, 4) is 0 Å². The van der Waals surface area contributed by atoms with Crippen molar-refractivity contribution in [1.29, 1.82) is 0 Å². The van der Waals surface area contributed by atoms with Crippen molar-refractivity contribution in [3.63, 3.8) is 0 Å². The molecule has 1 aromatic rings. The van der Waals surface area contributed by atoms with Crippen molar-refractivity contribution >= 4 is 0 Å². The van der Waals surface area contributed by atoms with Crippen LogP contribution in [0, 0.1) is 5.82 Å². The first kappa shape index (κ1) is 11.5. The van der Waals surface area contributed by atoms with Gasteiger partial charge >= 0.3 is 0 Å². The molecule has 0 radical (unpaired) electrons. The van der Waals surface area contributed by atoms with Crippen LogP contribution in [0.1, 0.15) is 37.8 Å². The molecule has 1 fully saturated rings. The van der Waals surface area contributed by atoms with E-state index in [1.54, 1.807) is 12.1 Å². The summed E-state index contributed by atoms with van der Waals surface area (Å²) < 4.78 is 27.6. The zero-order valence-corrected chi connectivity index (χ0v) is 9.69. The Morgan fingerprint density at radius 2 is 2.00 bits per heavy atom. The lowest BCUT2D eigenvalue weighted by atomic mass is 9.90. The number of hydrogen-bond donors (Lipinski definition) is 1. The van der Waals surface area contributed by atoms with E-state index < -0.39 is 11.5 Å². The standard InChI is InChI=1S/C13H17F2N/c1-12(2,15)11-9(4-3-5-10(11)14)8-13(16)6-7-13/h3-5H,6-8,16H2,1-2H3. The third-order valence-electron chi connectivity index (χ3n) is 3.13. The molecule has 0 bridgehead atoms. The first-order valence-electron chi connectivity index (χ1n) is 5.57. The Balaban J connectivity index is 2.40. The van der Waals surface area contributed by atoms with Gasteiger partial charge in [0.15, 0.2) is 0 Å². The van der Waals surface area contributed by atoms with E-state index in [2.05, 4.69) is 0 Å². The Morgan fingerprint density at radius 1 is 1.38 bits per heavy atom. The average molecular weight is 225 g/mol. The van der Waals surface area contributed by atoms with Gasteiger partial charge in [0.1, 0.15) is 11.5 Å². The number of nitrogens with two attached hydrogens (primary N) is 1. The van der Waals surface area contributed by atoms with Crippen LogP contribution in [-0.4, -0.2) is 5.54 Å². The van der Waals surface area contributed by atoms with Crippen LogP contribution in [0.2, 0.25) is 0 Å². The van der Waals surface area contributed by atoms with Crippen LogP contribution in [0.3, 0.4) is 0 Å². The van der Waals surface area contributed by atoms with Crippen molar-refractivity contribution in [2.45, 2.75) is 44.3 Å². The molecule has 2 rings (SSSR count). The van der Waals surface area contributed by atoms with E-state index in [1.165, 1.54) is 19.9 Å². The molecule has 2 N–H and O–H groups in total. The Bertz CT molecular complexity index is 403. The van der Waals surface area contributed by atoms with Gasteiger partial charge in [0.2, 0.25) is 0 Å². The van der Waals surface area contributed by atoms with E-state index in [9.17, 15) is 8.78 Å². The maximum atomic E-state index is 14.0. The molecule has 0 spiro atoms. The van der Waals surface area contributed by atoms with Gasteiger partial charge in [-0.15, -0.1) is 0 Å². The van der Waals surface area contributed by atoms with Crippen molar-refractivity contribution in [3.05, 3.63) is 35.1 Å². The molecule has 0 atom stereocenters. The number of hydrogen-bond acceptors (Lipinski definition) is 1. The smallest absolute Gasteiger partial charge is 0.133 e. The van der Waals surface area contributed by atoms with Gasteiger partial charge in [-0.25, -0.2) is 8.78 Å². The molecule has 0 amide bonds. The molecule has 3 heteroatoms. The van der Waals surface area contributed by atoms with E-state index in [1.807, 2.05) is 0 Å². The van der Waals surface area contributed by atoms with Gasteiger partial charge in [0.25, 0.3) is 0 Å². The van der Waals surface area contributed by atoms with Gasteiger partial charge < -0.3 is 5.73 Å². The molecule has 0 saturated heterocycles. The summed E-state index contributed by atoms with van der Waals surface area (Å²) in [5.74, 6) is -0.478. The molecular formula is C13H17F2N. The fourth-order valence-electron chi connectivity index (χ4n) is 2.10. The Morgan fingerprint density at radius 3 is 2.50 bits per heavy atom. The molecular weight excluding hydrogens is 208 g/mol. The molecule has 1 saturated carbocycles. The van der Waals surface area contributed by atoms with Gasteiger partial charge in [0.05, 0.1) is 0 Å². The Hall–Kier alpha value is -0.960. The summed E-state index contributed by atoms with van der Waals surface area (Å²) in [7, 11) is 0. The minimum absolute atomic E-state index is 0.159. The lowest BCUT2D eigenvalue weighted by Crippen LogP contribution is -2.27. The van der Waals surface area contributed by atoms with Crippen LogP contribution in [0.5, 0.6) is 0 Å². The SMILES string of the molecule is CC(C)(F)c1c(F)cccc1CC1(N)CC1. The van der Waals surface area contributed by atoms with Gasteiger partial charge in [-0.1, -0.05) is 12.1 Å². The Labute approximate surface area is 94.7 Å². The molecule has 0 aromatic heterocycles. The lowest BCUT2D eigenvalue weighted by Gasteiger charge is -2.21. The summed E-state index contributed by atoms with van der Waals surface area (Å²) in [5.41, 5.74) is 4.97. The van der Waals surface area contributed by atoms with Crippen molar-refractivity contribution in [2.24, 2.45) is 5.73 Å². The van der Waals surface area contributed by atoms with E-state index in [4.69, 9.17) is 5.73 Å². The third-order valence-corrected chi connectivity index (χ3v) is 3.13. The molecule has 88 valence electrons. The third kappa shape index (κ3) is 2.24. The minimum Gasteiger partial charge on any atom is -0.325 e. The fourth-order valence-corrected chi connectivity index (χ4v) is 2.10. The lowest BCUT2D eigenvalue weighted by molar-refractivity contribution is 0.211. The van der Waals surface area contributed by atoms with Crippen molar-refractivity contribution in [2.75, 3.05) is 0 Å². The predicted octanol–water partition coefficient (Wildman–Crippen LogP) is 3.06. The van der Waals surface area contributed by atoms with Crippen molar-refractivity contribution < 1.29 is 8.78 Å². The summed E-state index contributed by atoms with van der Waals surface area (Å²) in [6.45, 7) is 2.76. The molecule has 1 nitrogen and oxygen atoms in total. The van der Waals surface area contributed by atoms with Gasteiger partial charge in [-0.05, 0) is 44.7 Å². The fraction of sp³-hybridized carbons (Fsp3) is 0.538. The molecule has 16 heavy (non-hydrogen) atoms. The minimum atomic E-state index is -1.66. The highest BCUT2D eigenvalue weighted by molar-refractivity contribution is 5.35. The maximum absolute atomic E-state index is 14.0. The summed E-state index contributed by atoms with van der Waals surface area (Å²) in [6.07, 6.45) is 2.44. The van der Waals surface area contributed by atoms with Gasteiger partial charge in [0, 0.05) is 11.1 Å². The van der Waals surface area contributed by atoms with Crippen LogP contribution in [0.15, 0.2) is 18.2 Å². The number of rotatable bonds is 3. The van der Waals surface area contributed by atoms with Crippen LogP contribution in [-0.2, 0) is 12.1 Å². The van der Waals surface area contributed by atoms with Crippen LogP contribution < -0.4 is 5.73 Å². The second-order valence-corrected chi connectivity index (χ2v) is 5.29. The average Bonchev–Trinajstić information content (AvgIpc) is 2.80. The first-order chi connectivity index (χ1) is 7.32. The predicted molar refractivity (Wildman–Crippen MR) is 60.4 cm³/mol. The van der Waals surface area contributed by atoms with Crippen molar-refractivity contribution in [1.82, 2.24) is 0 Å². The number of alkyl halides is 1. The highest BCUT2D eigenvalue weighted by atomic mass is 19.1.